The third-order valence-electron chi connectivity index (χ3n) is 5.27. The first-order chi connectivity index (χ1) is 15.5. The molecule has 3 rings (SSSR count). The van der Waals surface area contributed by atoms with E-state index in [9.17, 15) is 21.6 Å². The molecule has 0 radical (unpaired) electrons. The molecule has 1 fully saturated rings. The van der Waals surface area contributed by atoms with E-state index in [2.05, 4.69) is 10.0 Å². The number of sulfonamides is 2. The van der Waals surface area contributed by atoms with Crippen molar-refractivity contribution in [2.45, 2.75) is 42.5 Å². The topological polar surface area (TPSA) is 122 Å². The lowest BCUT2D eigenvalue weighted by Gasteiger charge is -2.31. The summed E-state index contributed by atoms with van der Waals surface area (Å²) in [5.41, 5.74) is 0.206. The number of hydrogen-bond acceptors (Lipinski definition) is 6. The average molecular weight is 496 g/mol. The molecule has 0 spiro atoms. The lowest BCUT2D eigenvalue weighted by atomic mass is 9.98. The van der Waals surface area contributed by atoms with Gasteiger partial charge in [-0.05, 0) is 57.0 Å². The fourth-order valence-corrected chi connectivity index (χ4v) is 6.50. The van der Waals surface area contributed by atoms with Gasteiger partial charge < -0.3 is 10.1 Å². The summed E-state index contributed by atoms with van der Waals surface area (Å²) in [4.78, 5) is 13.2. The van der Waals surface area contributed by atoms with Crippen LogP contribution in [0.2, 0.25) is 0 Å². The van der Waals surface area contributed by atoms with Crippen LogP contribution in [0.25, 0.3) is 0 Å². The molecule has 0 saturated carbocycles. The van der Waals surface area contributed by atoms with Gasteiger partial charge in [0.15, 0.2) is 0 Å². The summed E-state index contributed by atoms with van der Waals surface area (Å²) in [6.45, 7) is 3.79. The minimum absolute atomic E-state index is 0.00998. The van der Waals surface area contributed by atoms with Crippen molar-refractivity contribution in [2.75, 3.05) is 25.5 Å². The van der Waals surface area contributed by atoms with E-state index in [-0.39, 0.29) is 28.1 Å². The van der Waals surface area contributed by atoms with Crippen molar-refractivity contribution < 1.29 is 26.4 Å². The number of nitrogens with zero attached hydrogens (tertiary/aromatic N) is 1. The van der Waals surface area contributed by atoms with Gasteiger partial charge >= 0.3 is 0 Å². The predicted molar refractivity (Wildman–Crippen MR) is 125 cm³/mol. The highest BCUT2D eigenvalue weighted by atomic mass is 32.2. The normalized spacial score (nSPS) is 17.6. The lowest BCUT2D eigenvalue weighted by Crippen LogP contribution is -2.43. The maximum atomic E-state index is 13.0. The second-order valence-corrected chi connectivity index (χ2v) is 11.8. The van der Waals surface area contributed by atoms with Crippen LogP contribution in [0, 0.1) is 5.92 Å². The van der Waals surface area contributed by atoms with E-state index in [1.807, 2.05) is 0 Å². The van der Waals surface area contributed by atoms with Crippen LogP contribution in [0.3, 0.4) is 0 Å². The molecule has 0 aliphatic carbocycles. The minimum Gasteiger partial charge on any atom is -0.495 e. The SMILES string of the molecule is COc1ccc(S(=O)(=O)NC(C)C)cc1NC(=O)[C@H]1CCCN(S(=O)(=O)c2ccccc2)C1. The first kappa shape index (κ1) is 25.2. The van der Waals surface area contributed by atoms with Crippen molar-refractivity contribution in [3.8, 4) is 5.75 Å². The number of nitrogens with one attached hydrogen (secondary N) is 2. The van der Waals surface area contributed by atoms with Gasteiger partial charge in [-0.1, -0.05) is 18.2 Å². The molecule has 33 heavy (non-hydrogen) atoms. The van der Waals surface area contributed by atoms with Crippen molar-refractivity contribution in [1.82, 2.24) is 9.03 Å². The van der Waals surface area contributed by atoms with Crippen molar-refractivity contribution >= 4 is 31.6 Å². The number of ether oxygens (including phenoxy) is 1. The first-order valence-electron chi connectivity index (χ1n) is 10.6. The van der Waals surface area contributed by atoms with Crippen LogP contribution in [0.4, 0.5) is 5.69 Å². The second-order valence-electron chi connectivity index (χ2n) is 8.14. The highest BCUT2D eigenvalue weighted by Crippen LogP contribution is 2.30. The van der Waals surface area contributed by atoms with Crippen molar-refractivity contribution in [1.29, 1.82) is 0 Å². The average Bonchev–Trinajstić information content (AvgIpc) is 2.79. The van der Waals surface area contributed by atoms with E-state index in [4.69, 9.17) is 4.74 Å². The van der Waals surface area contributed by atoms with Crippen LogP contribution < -0.4 is 14.8 Å². The van der Waals surface area contributed by atoms with Gasteiger partial charge in [-0.15, -0.1) is 0 Å². The Morgan fingerprint density at radius 2 is 1.76 bits per heavy atom. The Hall–Kier alpha value is -2.47. The van der Waals surface area contributed by atoms with E-state index in [1.165, 1.54) is 41.7 Å². The molecular formula is C22H29N3O6S2. The zero-order chi connectivity index (χ0) is 24.2. The Bertz CT molecular complexity index is 1200. The van der Waals surface area contributed by atoms with Crippen LogP contribution in [-0.2, 0) is 24.8 Å². The van der Waals surface area contributed by atoms with Crippen LogP contribution in [-0.4, -0.2) is 53.3 Å². The van der Waals surface area contributed by atoms with E-state index < -0.39 is 31.9 Å². The third kappa shape index (κ3) is 5.91. The Morgan fingerprint density at radius 3 is 2.39 bits per heavy atom. The molecule has 1 aliphatic heterocycles. The summed E-state index contributed by atoms with van der Waals surface area (Å²) in [7, 11) is -6.06. The number of amides is 1. The number of anilines is 1. The summed E-state index contributed by atoms with van der Waals surface area (Å²) in [6, 6.07) is 12.0. The van der Waals surface area contributed by atoms with Crippen LogP contribution in [0.5, 0.6) is 5.75 Å². The number of carbonyl (C=O) groups excluding carboxylic acids is 1. The zero-order valence-electron chi connectivity index (χ0n) is 18.8. The molecule has 0 unspecified atom stereocenters. The van der Waals surface area contributed by atoms with Gasteiger partial charge in [0.25, 0.3) is 0 Å². The molecule has 1 heterocycles. The largest absolute Gasteiger partial charge is 0.495 e. The van der Waals surface area contributed by atoms with E-state index in [0.717, 1.165) is 0 Å². The molecule has 180 valence electrons. The quantitative estimate of drug-likeness (QED) is 0.580. The van der Waals surface area contributed by atoms with Gasteiger partial charge in [0.2, 0.25) is 26.0 Å². The highest BCUT2D eigenvalue weighted by Gasteiger charge is 2.33. The van der Waals surface area contributed by atoms with Crippen LogP contribution in [0.1, 0.15) is 26.7 Å². The smallest absolute Gasteiger partial charge is 0.243 e. The molecular weight excluding hydrogens is 466 g/mol. The molecule has 2 aromatic rings. The lowest BCUT2D eigenvalue weighted by molar-refractivity contribution is -0.120. The minimum atomic E-state index is -3.77. The van der Waals surface area contributed by atoms with Gasteiger partial charge in [-0.3, -0.25) is 4.79 Å². The van der Waals surface area contributed by atoms with Gasteiger partial charge in [-0.25, -0.2) is 21.6 Å². The van der Waals surface area contributed by atoms with E-state index in [0.29, 0.717) is 25.1 Å². The standard InChI is InChI=1S/C22H29N3O6S2/c1-16(2)24-32(27,28)19-11-12-21(31-3)20(14-19)23-22(26)17-8-7-13-25(15-17)33(29,30)18-9-5-4-6-10-18/h4-6,9-12,14,16-17,24H,7-8,13,15H2,1-3H3,(H,23,26)/t17-/m0/s1. The molecule has 1 aliphatic rings. The number of hydrogen-bond donors (Lipinski definition) is 2. The summed E-state index contributed by atoms with van der Waals surface area (Å²) < 4.78 is 60.1. The Labute approximate surface area is 195 Å². The van der Waals surface area contributed by atoms with Gasteiger partial charge in [-0.2, -0.15) is 4.31 Å². The summed E-state index contributed by atoms with van der Waals surface area (Å²) in [6.07, 6.45) is 1.05. The molecule has 0 bridgehead atoms. The van der Waals surface area contributed by atoms with Crippen LogP contribution >= 0.6 is 0 Å². The maximum Gasteiger partial charge on any atom is 0.243 e. The van der Waals surface area contributed by atoms with Crippen LogP contribution in [0.15, 0.2) is 58.3 Å². The molecule has 1 saturated heterocycles. The van der Waals surface area contributed by atoms with Gasteiger partial charge in [0, 0.05) is 19.1 Å². The number of benzene rings is 2. The number of piperidine rings is 1. The van der Waals surface area contributed by atoms with Crippen molar-refractivity contribution in [3.63, 3.8) is 0 Å². The maximum absolute atomic E-state index is 13.0. The molecule has 1 atom stereocenters. The third-order valence-corrected chi connectivity index (χ3v) is 8.80. The predicted octanol–water partition coefficient (Wildman–Crippen LogP) is 2.42. The molecule has 2 N–H and O–H groups in total. The number of rotatable bonds is 8. The molecule has 0 aromatic heterocycles. The van der Waals surface area contributed by atoms with Gasteiger partial charge in [0.05, 0.1) is 28.5 Å². The Balaban J connectivity index is 1.80. The zero-order valence-corrected chi connectivity index (χ0v) is 20.4. The first-order valence-corrected chi connectivity index (χ1v) is 13.5. The fraction of sp³-hybridized carbons (Fsp3) is 0.409. The van der Waals surface area contributed by atoms with E-state index >= 15 is 0 Å². The molecule has 2 aromatic carbocycles. The number of carbonyl (C=O) groups is 1. The molecule has 1 amide bonds. The Kier molecular flexibility index (Phi) is 7.78. The summed E-state index contributed by atoms with van der Waals surface area (Å²) in [5, 5.41) is 2.73. The molecule has 9 nitrogen and oxygen atoms in total. The molecule has 11 heteroatoms. The van der Waals surface area contributed by atoms with E-state index in [1.54, 1.807) is 32.0 Å². The highest BCUT2D eigenvalue weighted by molar-refractivity contribution is 7.89. The van der Waals surface area contributed by atoms with Crippen molar-refractivity contribution in [3.05, 3.63) is 48.5 Å². The van der Waals surface area contributed by atoms with Gasteiger partial charge in [0.1, 0.15) is 5.75 Å². The summed E-state index contributed by atoms with van der Waals surface area (Å²) >= 11 is 0. The Morgan fingerprint density at radius 1 is 1.06 bits per heavy atom. The monoisotopic (exact) mass is 495 g/mol. The number of methoxy groups -OCH3 is 1. The van der Waals surface area contributed by atoms with Crippen molar-refractivity contribution in [2.24, 2.45) is 5.92 Å². The fourth-order valence-electron chi connectivity index (χ4n) is 3.68. The second kappa shape index (κ2) is 10.2. The summed E-state index contributed by atoms with van der Waals surface area (Å²) in [5.74, 6) is -0.681.